The fourth-order valence-electron chi connectivity index (χ4n) is 2.45. The van der Waals surface area contributed by atoms with Crippen LogP contribution in [0.5, 0.6) is 0 Å². The predicted molar refractivity (Wildman–Crippen MR) is 79.4 cm³/mol. The summed E-state index contributed by atoms with van der Waals surface area (Å²) < 4.78 is 23.2. The Morgan fingerprint density at radius 2 is 2.24 bits per heavy atom. The Labute approximate surface area is 123 Å². The third-order valence-corrected chi connectivity index (χ3v) is 5.43. The molecule has 21 heavy (non-hydrogen) atoms. The van der Waals surface area contributed by atoms with Gasteiger partial charge in [0.05, 0.1) is 22.1 Å². The lowest BCUT2D eigenvalue weighted by Crippen LogP contribution is -2.46. The minimum Gasteiger partial charge on any atom is -0.324 e. The summed E-state index contributed by atoms with van der Waals surface area (Å²) in [5.74, 6) is 5.64. The zero-order valence-corrected chi connectivity index (χ0v) is 12.5. The van der Waals surface area contributed by atoms with Crippen LogP contribution in [0.25, 0.3) is 0 Å². The first kappa shape index (κ1) is 15.7. The van der Waals surface area contributed by atoms with Crippen molar-refractivity contribution in [1.82, 2.24) is 4.90 Å². The monoisotopic (exact) mass is 314 g/mol. The van der Waals surface area contributed by atoms with E-state index in [4.69, 9.17) is 5.84 Å². The lowest BCUT2D eigenvalue weighted by molar-refractivity contribution is -0.384. The van der Waals surface area contributed by atoms with Gasteiger partial charge in [-0.1, -0.05) is 0 Å². The molecule has 1 heterocycles. The second kappa shape index (κ2) is 5.96. The van der Waals surface area contributed by atoms with Gasteiger partial charge in [-0.15, -0.1) is 0 Å². The second-order valence-corrected chi connectivity index (χ2v) is 7.41. The Balaban J connectivity index is 2.22. The molecule has 1 fully saturated rings. The fraction of sp³-hybridized carbons (Fsp3) is 0.500. The number of hydrazine groups is 1. The molecule has 116 valence electrons. The van der Waals surface area contributed by atoms with Crippen molar-refractivity contribution in [2.24, 2.45) is 5.84 Å². The molecule has 1 aromatic rings. The number of hydrogen-bond acceptors (Lipinski definition) is 7. The Bertz CT molecular complexity index is 647. The molecule has 2 rings (SSSR count). The van der Waals surface area contributed by atoms with E-state index in [1.807, 2.05) is 11.8 Å². The summed E-state index contributed by atoms with van der Waals surface area (Å²) in [6.07, 6.45) is 0. The number of nitrogen functional groups attached to an aromatic ring is 1. The van der Waals surface area contributed by atoms with E-state index in [1.54, 1.807) is 6.07 Å². The van der Waals surface area contributed by atoms with Crippen molar-refractivity contribution in [3.8, 4) is 0 Å². The first-order valence-electron chi connectivity index (χ1n) is 6.51. The van der Waals surface area contributed by atoms with Crippen molar-refractivity contribution >= 4 is 21.2 Å². The lowest BCUT2D eigenvalue weighted by Gasteiger charge is -2.33. The minimum absolute atomic E-state index is 0.0127. The first-order chi connectivity index (χ1) is 9.82. The maximum atomic E-state index is 11.6. The van der Waals surface area contributed by atoms with Gasteiger partial charge in [0.1, 0.15) is 0 Å². The van der Waals surface area contributed by atoms with Crippen LogP contribution >= 0.6 is 0 Å². The largest absolute Gasteiger partial charge is 0.324 e. The number of nitro benzene ring substituents is 1. The summed E-state index contributed by atoms with van der Waals surface area (Å²) in [7, 11) is -2.98. The smallest absolute Gasteiger partial charge is 0.269 e. The molecule has 1 atom stereocenters. The number of nitro groups is 1. The molecule has 8 nitrogen and oxygen atoms in total. The van der Waals surface area contributed by atoms with Crippen molar-refractivity contribution in [1.29, 1.82) is 0 Å². The topological polar surface area (TPSA) is 119 Å². The number of nitrogens with two attached hydrogens (primary N) is 1. The van der Waals surface area contributed by atoms with Crippen molar-refractivity contribution in [3.63, 3.8) is 0 Å². The zero-order valence-electron chi connectivity index (χ0n) is 11.7. The van der Waals surface area contributed by atoms with Crippen LogP contribution in [0.2, 0.25) is 0 Å². The Morgan fingerprint density at radius 1 is 1.52 bits per heavy atom. The SMILES string of the molecule is CC1CS(=O)(=O)CCN1Cc1cc([N+](=O)[O-])ccc1NN. The molecule has 0 aliphatic carbocycles. The number of nitrogens with zero attached hydrogens (tertiary/aromatic N) is 2. The maximum Gasteiger partial charge on any atom is 0.269 e. The molecule has 3 N–H and O–H groups in total. The third kappa shape index (κ3) is 3.69. The summed E-state index contributed by atoms with van der Waals surface area (Å²) in [6.45, 7) is 2.66. The molecule has 0 amide bonds. The van der Waals surface area contributed by atoms with E-state index < -0.39 is 14.8 Å². The molecule has 0 radical (unpaired) electrons. The fourth-order valence-corrected chi connectivity index (χ4v) is 4.08. The standard InChI is InChI=1S/C12H18N4O4S/c1-9-8-21(19,20)5-4-15(9)7-10-6-11(16(17)18)2-3-12(10)14-13/h2-3,6,9,14H,4-5,7-8,13H2,1H3. The van der Waals surface area contributed by atoms with Gasteiger partial charge in [-0.3, -0.25) is 20.9 Å². The molecule has 1 unspecified atom stereocenters. The molecule has 0 saturated carbocycles. The highest BCUT2D eigenvalue weighted by atomic mass is 32.2. The second-order valence-electron chi connectivity index (χ2n) is 5.18. The molecule has 0 aromatic heterocycles. The zero-order chi connectivity index (χ0) is 15.6. The molecular formula is C12H18N4O4S. The van der Waals surface area contributed by atoms with E-state index in [-0.39, 0.29) is 23.2 Å². The highest BCUT2D eigenvalue weighted by Crippen LogP contribution is 2.24. The Hall–Kier alpha value is -1.71. The Kier molecular flexibility index (Phi) is 4.45. The number of sulfone groups is 1. The molecule has 1 aliphatic heterocycles. The average Bonchev–Trinajstić information content (AvgIpc) is 2.41. The van der Waals surface area contributed by atoms with Crippen LogP contribution in [0.15, 0.2) is 18.2 Å². The van der Waals surface area contributed by atoms with Gasteiger partial charge in [-0.2, -0.15) is 0 Å². The van der Waals surface area contributed by atoms with E-state index in [0.717, 1.165) is 0 Å². The van der Waals surface area contributed by atoms with Gasteiger partial charge in [0.15, 0.2) is 9.84 Å². The van der Waals surface area contributed by atoms with Gasteiger partial charge in [0.25, 0.3) is 5.69 Å². The lowest BCUT2D eigenvalue weighted by atomic mass is 10.1. The molecule has 0 bridgehead atoms. The van der Waals surface area contributed by atoms with Gasteiger partial charge < -0.3 is 5.43 Å². The molecule has 9 heteroatoms. The summed E-state index contributed by atoms with van der Waals surface area (Å²) in [5, 5.41) is 10.9. The molecular weight excluding hydrogens is 296 g/mol. The van der Waals surface area contributed by atoms with Crippen molar-refractivity contribution in [3.05, 3.63) is 33.9 Å². The van der Waals surface area contributed by atoms with Crippen LogP contribution in [-0.2, 0) is 16.4 Å². The highest BCUT2D eigenvalue weighted by molar-refractivity contribution is 7.91. The quantitative estimate of drug-likeness (QED) is 0.472. The van der Waals surface area contributed by atoms with E-state index in [0.29, 0.717) is 24.3 Å². The average molecular weight is 314 g/mol. The van der Waals surface area contributed by atoms with Crippen LogP contribution in [0.4, 0.5) is 11.4 Å². The van der Waals surface area contributed by atoms with Crippen LogP contribution < -0.4 is 11.3 Å². The van der Waals surface area contributed by atoms with Crippen molar-refractivity contribution in [2.45, 2.75) is 19.5 Å². The number of benzene rings is 1. The summed E-state index contributed by atoms with van der Waals surface area (Å²) in [6, 6.07) is 4.26. The Morgan fingerprint density at radius 3 is 2.81 bits per heavy atom. The third-order valence-electron chi connectivity index (χ3n) is 3.64. The molecule has 1 aromatic carbocycles. The van der Waals surface area contributed by atoms with E-state index in [1.165, 1.54) is 12.1 Å². The minimum atomic E-state index is -2.98. The van der Waals surface area contributed by atoms with E-state index >= 15 is 0 Å². The van der Waals surface area contributed by atoms with Crippen LogP contribution in [0.1, 0.15) is 12.5 Å². The van der Waals surface area contributed by atoms with Gasteiger partial charge >= 0.3 is 0 Å². The highest BCUT2D eigenvalue weighted by Gasteiger charge is 2.28. The number of non-ortho nitro benzene ring substituents is 1. The number of hydrogen-bond donors (Lipinski definition) is 2. The molecule has 1 aliphatic rings. The van der Waals surface area contributed by atoms with Crippen molar-refractivity contribution in [2.75, 3.05) is 23.5 Å². The van der Waals surface area contributed by atoms with E-state index in [9.17, 15) is 18.5 Å². The molecule has 1 saturated heterocycles. The first-order valence-corrected chi connectivity index (χ1v) is 8.33. The molecule has 0 spiro atoms. The predicted octanol–water partition coefficient (Wildman–Crippen LogP) is 0.499. The van der Waals surface area contributed by atoms with Gasteiger partial charge in [0, 0.05) is 31.3 Å². The number of anilines is 1. The van der Waals surface area contributed by atoms with Crippen molar-refractivity contribution < 1.29 is 13.3 Å². The summed E-state index contributed by atoms with van der Waals surface area (Å²) >= 11 is 0. The van der Waals surface area contributed by atoms with Gasteiger partial charge in [-0.25, -0.2) is 8.42 Å². The maximum absolute atomic E-state index is 11.6. The van der Waals surface area contributed by atoms with Gasteiger partial charge in [0.2, 0.25) is 0 Å². The van der Waals surface area contributed by atoms with Gasteiger partial charge in [-0.05, 0) is 18.6 Å². The van der Waals surface area contributed by atoms with Crippen LogP contribution in [-0.4, -0.2) is 42.3 Å². The summed E-state index contributed by atoms with van der Waals surface area (Å²) in [5.41, 5.74) is 3.78. The number of nitrogens with one attached hydrogen (secondary N) is 1. The number of rotatable bonds is 4. The van der Waals surface area contributed by atoms with Crippen LogP contribution in [0.3, 0.4) is 0 Å². The van der Waals surface area contributed by atoms with Crippen LogP contribution in [0, 0.1) is 10.1 Å². The van der Waals surface area contributed by atoms with E-state index in [2.05, 4.69) is 5.43 Å². The normalized spacial score (nSPS) is 21.9. The summed E-state index contributed by atoms with van der Waals surface area (Å²) in [4.78, 5) is 12.4.